The first-order chi connectivity index (χ1) is 15.3. The quantitative estimate of drug-likeness (QED) is 0.460. The summed E-state index contributed by atoms with van der Waals surface area (Å²) < 4.78 is 45.0. The second kappa shape index (κ2) is 8.17. The standard InChI is InChI=1S/C21H17F3N6O2/c1-32-15-7-3-6-14-18(15)28-20(25)30-19(14)27-16(29-30)11-26-17(31)9-8-12-4-2-5-13(10-12)21(22,23)24/h2-10H,11H2,1H3,(H2,25,28)(H,26,31). The molecule has 0 atom stereocenters. The Morgan fingerprint density at radius 1 is 1.22 bits per heavy atom. The van der Waals surface area contributed by atoms with Crippen LogP contribution in [0.15, 0.2) is 48.5 Å². The summed E-state index contributed by atoms with van der Waals surface area (Å²) in [7, 11) is 1.52. The topological polar surface area (TPSA) is 107 Å². The molecular weight excluding hydrogens is 425 g/mol. The number of methoxy groups -OCH3 is 1. The number of hydrogen-bond acceptors (Lipinski definition) is 6. The number of nitrogen functional groups attached to an aromatic ring is 1. The van der Waals surface area contributed by atoms with Gasteiger partial charge in [0.05, 0.1) is 19.2 Å². The van der Waals surface area contributed by atoms with Gasteiger partial charge in [-0.2, -0.15) is 17.7 Å². The Labute approximate surface area is 179 Å². The van der Waals surface area contributed by atoms with Crippen LogP contribution in [0.3, 0.4) is 0 Å². The second-order valence-electron chi connectivity index (χ2n) is 6.76. The Hall–Kier alpha value is -4.15. The van der Waals surface area contributed by atoms with E-state index < -0.39 is 17.6 Å². The normalized spacial score (nSPS) is 12.0. The van der Waals surface area contributed by atoms with Crippen LogP contribution in [0.25, 0.3) is 22.6 Å². The molecule has 0 aliphatic heterocycles. The van der Waals surface area contributed by atoms with Crippen LogP contribution in [0.2, 0.25) is 0 Å². The fourth-order valence-corrected chi connectivity index (χ4v) is 3.12. The molecule has 0 radical (unpaired) electrons. The highest BCUT2D eigenvalue weighted by Gasteiger charge is 2.30. The van der Waals surface area contributed by atoms with E-state index in [2.05, 4.69) is 20.4 Å². The van der Waals surface area contributed by atoms with Crippen molar-refractivity contribution in [3.8, 4) is 5.75 Å². The molecule has 8 nitrogen and oxygen atoms in total. The molecule has 2 aromatic carbocycles. The SMILES string of the molecule is COc1cccc2c1nc(N)n1nc(CNC(=O)C=Cc3cccc(C(F)(F)F)c3)nc21. The molecule has 0 spiro atoms. The van der Waals surface area contributed by atoms with Gasteiger partial charge in [-0.15, -0.1) is 5.10 Å². The maximum absolute atomic E-state index is 12.8. The van der Waals surface area contributed by atoms with Crippen molar-refractivity contribution in [1.29, 1.82) is 0 Å². The van der Waals surface area contributed by atoms with E-state index in [9.17, 15) is 18.0 Å². The molecule has 32 heavy (non-hydrogen) atoms. The highest BCUT2D eigenvalue weighted by Crippen LogP contribution is 2.30. The molecule has 0 fully saturated rings. The number of carbonyl (C=O) groups is 1. The van der Waals surface area contributed by atoms with E-state index in [4.69, 9.17) is 10.5 Å². The lowest BCUT2D eigenvalue weighted by molar-refractivity contribution is -0.137. The Bertz CT molecular complexity index is 1350. The number of nitrogens with one attached hydrogen (secondary N) is 1. The number of nitrogens with zero attached hydrogens (tertiary/aromatic N) is 4. The number of carbonyl (C=O) groups excluding carboxylic acids is 1. The number of rotatable bonds is 5. The molecule has 0 aliphatic rings. The van der Waals surface area contributed by atoms with E-state index in [0.717, 1.165) is 18.2 Å². The van der Waals surface area contributed by atoms with Crippen LogP contribution in [-0.2, 0) is 17.5 Å². The molecule has 11 heteroatoms. The van der Waals surface area contributed by atoms with Crippen molar-refractivity contribution in [1.82, 2.24) is 24.9 Å². The number of ether oxygens (including phenoxy) is 1. The number of amides is 1. The van der Waals surface area contributed by atoms with Gasteiger partial charge in [-0.3, -0.25) is 4.79 Å². The summed E-state index contributed by atoms with van der Waals surface area (Å²) in [5.41, 5.74) is 6.44. The third-order valence-corrected chi connectivity index (χ3v) is 4.62. The Morgan fingerprint density at radius 3 is 2.75 bits per heavy atom. The third-order valence-electron chi connectivity index (χ3n) is 4.62. The van der Waals surface area contributed by atoms with Gasteiger partial charge in [0.2, 0.25) is 11.9 Å². The van der Waals surface area contributed by atoms with Crippen LogP contribution < -0.4 is 15.8 Å². The van der Waals surface area contributed by atoms with Gasteiger partial charge in [-0.25, -0.2) is 9.97 Å². The molecule has 164 valence electrons. The summed E-state index contributed by atoms with van der Waals surface area (Å²) in [6.07, 6.45) is -2.02. The third kappa shape index (κ3) is 4.17. The fourth-order valence-electron chi connectivity index (χ4n) is 3.12. The molecule has 1 amide bonds. The van der Waals surface area contributed by atoms with Crippen molar-refractivity contribution in [2.24, 2.45) is 0 Å². The number of nitrogens with two attached hydrogens (primary N) is 1. The fraction of sp³-hybridized carbons (Fsp3) is 0.143. The molecule has 4 aromatic rings. The summed E-state index contributed by atoms with van der Waals surface area (Å²) in [5.74, 6) is 0.411. The zero-order valence-electron chi connectivity index (χ0n) is 16.7. The lowest BCUT2D eigenvalue weighted by atomic mass is 10.1. The van der Waals surface area contributed by atoms with Gasteiger partial charge < -0.3 is 15.8 Å². The molecule has 0 saturated heterocycles. The number of halogens is 3. The number of benzene rings is 2. The van der Waals surface area contributed by atoms with Crippen molar-refractivity contribution < 1.29 is 22.7 Å². The highest BCUT2D eigenvalue weighted by atomic mass is 19.4. The highest BCUT2D eigenvalue weighted by molar-refractivity contribution is 5.96. The predicted octanol–water partition coefficient (Wildman–Crippen LogP) is 3.22. The number of fused-ring (bicyclic) bond motifs is 3. The lowest BCUT2D eigenvalue weighted by Crippen LogP contribution is -2.21. The van der Waals surface area contributed by atoms with E-state index in [0.29, 0.717) is 22.3 Å². The number of para-hydroxylation sites is 1. The molecule has 0 unspecified atom stereocenters. The van der Waals surface area contributed by atoms with Gasteiger partial charge in [0.25, 0.3) is 0 Å². The first-order valence-electron chi connectivity index (χ1n) is 9.37. The minimum Gasteiger partial charge on any atom is -0.494 e. The summed E-state index contributed by atoms with van der Waals surface area (Å²) in [6, 6.07) is 10.0. The average molecular weight is 442 g/mol. The van der Waals surface area contributed by atoms with E-state index in [-0.39, 0.29) is 23.9 Å². The van der Waals surface area contributed by atoms with Crippen LogP contribution >= 0.6 is 0 Å². The summed E-state index contributed by atoms with van der Waals surface area (Å²) >= 11 is 0. The molecule has 0 bridgehead atoms. The van der Waals surface area contributed by atoms with E-state index >= 15 is 0 Å². The van der Waals surface area contributed by atoms with Crippen molar-refractivity contribution in [3.05, 3.63) is 65.5 Å². The van der Waals surface area contributed by atoms with E-state index in [1.165, 1.54) is 29.8 Å². The molecular formula is C21H17F3N6O2. The maximum Gasteiger partial charge on any atom is 0.416 e. The summed E-state index contributed by atoms with van der Waals surface area (Å²) in [5, 5.41) is 7.53. The van der Waals surface area contributed by atoms with Gasteiger partial charge in [0.15, 0.2) is 11.5 Å². The van der Waals surface area contributed by atoms with Crippen LogP contribution in [0.4, 0.5) is 19.1 Å². The van der Waals surface area contributed by atoms with E-state index in [1.54, 1.807) is 18.2 Å². The van der Waals surface area contributed by atoms with E-state index in [1.807, 2.05) is 0 Å². The molecule has 2 heterocycles. The first-order valence-corrected chi connectivity index (χ1v) is 9.37. The van der Waals surface area contributed by atoms with Gasteiger partial charge >= 0.3 is 6.18 Å². The van der Waals surface area contributed by atoms with Crippen LogP contribution in [0, 0.1) is 0 Å². The molecule has 2 aromatic heterocycles. The van der Waals surface area contributed by atoms with Gasteiger partial charge in [-0.1, -0.05) is 18.2 Å². The monoisotopic (exact) mass is 442 g/mol. The van der Waals surface area contributed by atoms with Crippen molar-refractivity contribution in [2.75, 3.05) is 12.8 Å². The number of alkyl halides is 3. The molecule has 0 saturated carbocycles. The van der Waals surface area contributed by atoms with Crippen molar-refractivity contribution in [3.63, 3.8) is 0 Å². The number of aromatic nitrogens is 4. The second-order valence-corrected chi connectivity index (χ2v) is 6.76. The zero-order chi connectivity index (χ0) is 22.9. The lowest BCUT2D eigenvalue weighted by Gasteiger charge is -2.06. The maximum atomic E-state index is 12.8. The van der Waals surface area contributed by atoms with Gasteiger partial charge in [0.1, 0.15) is 11.3 Å². The number of hydrogen-bond donors (Lipinski definition) is 2. The Morgan fingerprint density at radius 2 is 2.00 bits per heavy atom. The first kappa shape index (κ1) is 21.1. The predicted molar refractivity (Wildman–Crippen MR) is 112 cm³/mol. The minimum atomic E-state index is -4.45. The smallest absolute Gasteiger partial charge is 0.416 e. The van der Waals surface area contributed by atoms with Crippen LogP contribution in [-0.4, -0.2) is 32.6 Å². The number of anilines is 1. The molecule has 0 aliphatic carbocycles. The minimum absolute atomic E-state index is 0.0155. The van der Waals surface area contributed by atoms with Crippen molar-refractivity contribution in [2.45, 2.75) is 12.7 Å². The van der Waals surface area contributed by atoms with Crippen LogP contribution in [0.5, 0.6) is 5.75 Å². The molecule has 3 N–H and O–H groups in total. The Kier molecular flexibility index (Phi) is 5.39. The van der Waals surface area contributed by atoms with Gasteiger partial charge in [0, 0.05) is 11.5 Å². The average Bonchev–Trinajstić information content (AvgIpc) is 3.21. The van der Waals surface area contributed by atoms with Crippen LogP contribution in [0.1, 0.15) is 17.0 Å². The molecule has 4 rings (SSSR count). The largest absolute Gasteiger partial charge is 0.494 e. The Balaban J connectivity index is 1.51. The summed E-state index contributed by atoms with van der Waals surface area (Å²) in [4.78, 5) is 20.8. The van der Waals surface area contributed by atoms with Gasteiger partial charge in [-0.05, 0) is 35.9 Å². The zero-order valence-corrected chi connectivity index (χ0v) is 16.7. The van der Waals surface area contributed by atoms with Crippen molar-refractivity contribution >= 4 is 34.5 Å². The summed E-state index contributed by atoms with van der Waals surface area (Å²) in [6.45, 7) is -0.0155.